The predicted molar refractivity (Wildman–Crippen MR) is 69.8 cm³/mol. The quantitative estimate of drug-likeness (QED) is 0.765. The Morgan fingerprint density at radius 1 is 1.61 bits per heavy atom. The molecule has 100 valence electrons. The van der Waals surface area contributed by atoms with Gasteiger partial charge in [-0.1, -0.05) is 18.6 Å². The third-order valence-corrected chi connectivity index (χ3v) is 4.33. The summed E-state index contributed by atoms with van der Waals surface area (Å²) in [6.45, 7) is 5.40. The number of nitriles is 1. The molecule has 0 bridgehead atoms. The number of ether oxygens (including phenoxy) is 1. The average molecular weight is 249 g/mol. The van der Waals surface area contributed by atoms with Crippen LogP contribution in [0.4, 0.5) is 0 Å². The summed E-state index contributed by atoms with van der Waals surface area (Å²) in [5.41, 5.74) is 0.655. The van der Waals surface area contributed by atoms with Gasteiger partial charge in [-0.3, -0.25) is 0 Å². The van der Waals surface area contributed by atoms with E-state index in [0.717, 1.165) is 32.3 Å². The lowest BCUT2D eigenvalue weighted by atomic mass is 9.69. The van der Waals surface area contributed by atoms with Crippen molar-refractivity contribution in [2.45, 2.75) is 45.6 Å². The first kappa shape index (κ1) is 13.6. The molecule has 1 saturated heterocycles. The molecular formula is C15H23NO2. The largest absolute Gasteiger partial charge is 0.391 e. The van der Waals surface area contributed by atoms with E-state index in [-0.39, 0.29) is 5.92 Å². The number of hydrogen-bond donors (Lipinski definition) is 1. The Bertz CT molecular complexity index is 363. The van der Waals surface area contributed by atoms with Crippen molar-refractivity contribution in [2.75, 3.05) is 13.2 Å². The fourth-order valence-electron chi connectivity index (χ4n) is 3.49. The molecule has 3 nitrogen and oxygen atoms in total. The van der Waals surface area contributed by atoms with Crippen LogP contribution in [0.3, 0.4) is 0 Å². The van der Waals surface area contributed by atoms with Crippen LogP contribution in [-0.2, 0) is 4.74 Å². The van der Waals surface area contributed by atoms with Gasteiger partial charge in [0.25, 0.3) is 0 Å². The molecule has 0 amide bonds. The maximum atomic E-state index is 10.7. The van der Waals surface area contributed by atoms with Gasteiger partial charge in [-0.25, -0.2) is 0 Å². The molecule has 0 radical (unpaired) electrons. The summed E-state index contributed by atoms with van der Waals surface area (Å²) in [5.74, 6) is 0.699. The first-order valence-corrected chi connectivity index (χ1v) is 6.92. The Balaban J connectivity index is 2.12. The lowest BCUT2D eigenvalue weighted by Crippen LogP contribution is -2.46. The Morgan fingerprint density at radius 2 is 2.39 bits per heavy atom. The lowest BCUT2D eigenvalue weighted by molar-refractivity contribution is -0.0753. The monoisotopic (exact) mass is 249 g/mol. The summed E-state index contributed by atoms with van der Waals surface area (Å²) >= 11 is 0. The zero-order valence-electron chi connectivity index (χ0n) is 11.4. The van der Waals surface area contributed by atoms with Gasteiger partial charge >= 0.3 is 0 Å². The minimum absolute atomic E-state index is 0.200. The molecule has 1 N–H and O–H groups in total. The maximum Gasteiger partial charge on any atom is 0.107 e. The van der Waals surface area contributed by atoms with Gasteiger partial charge in [0.2, 0.25) is 0 Å². The second-order valence-corrected chi connectivity index (χ2v) is 6.06. The fraction of sp³-hybridized carbons (Fsp3) is 0.800. The highest BCUT2D eigenvalue weighted by Gasteiger charge is 2.44. The van der Waals surface area contributed by atoms with Gasteiger partial charge in [-0.2, -0.15) is 5.26 Å². The minimum atomic E-state index is -0.680. The van der Waals surface area contributed by atoms with Crippen LogP contribution in [0, 0.1) is 28.6 Å². The first-order chi connectivity index (χ1) is 8.57. The van der Waals surface area contributed by atoms with Crippen LogP contribution in [0.2, 0.25) is 0 Å². The molecule has 18 heavy (non-hydrogen) atoms. The molecule has 2 rings (SSSR count). The third-order valence-electron chi connectivity index (χ3n) is 4.33. The van der Waals surface area contributed by atoms with Crippen molar-refractivity contribution in [1.29, 1.82) is 5.26 Å². The number of nitrogens with zero attached hydrogens (tertiary/aromatic N) is 1. The van der Waals surface area contributed by atoms with Crippen molar-refractivity contribution in [3.05, 3.63) is 11.6 Å². The van der Waals surface area contributed by atoms with Gasteiger partial charge in [0.1, 0.15) is 5.41 Å². The summed E-state index contributed by atoms with van der Waals surface area (Å²) < 4.78 is 5.44. The second-order valence-electron chi connectivity index (χ2n) is 6.06. The highest BCUT2D eigenvalue weighted by molar-refractivity contribution is 5.12. The molecule has 0 spiro atoms. The number of aliphatic hydroxyl groups is 1. The molecule has 2 aliphatic rings. The first-order valence-electron chi connectivity index (χ1n) is 6.92. The number of hydrogen-bond acceptors (Lipinski definition) is 3. The average Bonchev–Trinajstić information content (AvgIpc) is 2.37. The van der Waals surface area contributed by atoms with Crippen molar-refractivity contribution in [1.82, 2.24) is 0 Å². The van der Waals surface area contributed by atoms with E-state index in [9.17, 15) is 10.4 Å². The predicted octanol–water partition coefficient (Wildman–Crippen LogP) is 2.66. The molecule has 1 aliphatic heterocycles. The normalized spacial score (nSPS) is 38.7. The summed E-state index contributed by atoms with van der Waals surface area (Å²) in [6, 6.07) is 2.35. The van der Waals surface area contributed by atoms with Gasteiger partial charge in [0.05, 0.1) is 18.8 Å². The molecule has 0 aromatic heterocycles. The highest BCUT2D eigenvalue weighted by atomic mass is 16.5. The molecular weight excluding hydrogens is 226 g/mol. The van der Waals surface area contributed by atoms with Crippen LogP contribution in [0.1, 0.15) is 39.5 Å². The Morgan fingerprint density at radius 3 is 2.94 bits per heavy atom. The van der Waals surface area contributed by atoms with Crippen molar-refractivity contribution < 1.29 is 9.84 Å². The molecule has 1 fully saturated rings. The van der Waals surface area contributed by atoms with Crippen LogP contribution in [0.5, 0.6) is 0 Å². The van der Waals surface area contributed by atoms with Gasteiger partial charge < -0.3 is 9.84 Å². The van der Waals surface area contributed by atoms with E-state index in [1.54, 1.807) is 0 Å². The summed E-state index contributed by atoms with van der Waals surface area (Å²) in [6.07, 6.45) is 5.24. The van der Waals surface area contributed by atoms with E-state index in [1.807, 2.05) is 0 Å². The lowest BCUT2D eigenvalue weighted by Gasteiger charge is -2.40. The van der Waals surface area contributed by atoms with E-state index >= 15 is 0 Å². The number of rotatable bonds is 2. The molecule has 0 saturated carbocycles. The summed E-state index contributed by atoms with van der Waals surface area (Å²) in [5, 5.41) is 20.1. The molecule has 4 atom stereocenters. The topological polar surface area (TPSA) is 53.2 Å². The van der Waals surface area contributed by atoms with E-state index < -0.39 is 11.5 Å². The van der Waals surface area contributed by atoms with Crippen molar-refractivity contribution >= 4 is 0 Å². The smallest absolute Gasteiger partial charge is 0.107 e. The third kappa shape index (κ3) is 2.60. The van der Waals surface area contributed by atoms with Crippen LogP contribution in [0.25, 0.3) is 0 Å². The molecule has 0 aromatic carbocycles. The second kappa shape index (κ2) is 5.42. The van der Waals surface area contributed by atoms with Gasteiger partial charge in [0, 0.05) is 6.61 Å². The Hall–Kier alpha value is -0.850. The summed E-state index contributed by atoms with van der Waals surface area (Å²) in [7, 11) is 0. The molecule has 1 aliphatic carbocycles. The van der Waals surface area contributed by atoms with Crippen LogP contribution in [-0.4, -0.2) is 24.4 Å². The molecule has 4 unspecified atom stereocenters. The standard InChI is InChI=1S/C15H23NO2/c1-11-6-12(2)8-13(7-11)14(17)15(9-16)4-3-5-18-10-15/h6,11,13-14,17H,3-5,7-8,10H2,1-2H3. The maximum absolute atomic E-state index is 10.7. The number of allylic oxidation sites excluding steroid dienone is 2. The molecule has 0 aromatic rings. The SMILES string of the molecule is CC1=CC(C)CC(C(O)C2(C#N)CCCOC2)C1. The zero-order chi connectivity index (χ0) is 13.2. The van der Waals surface area contributed by atoms with E-state index in [2.05, 4.69) is 26.0 Å². The van der Waals surface area contributed by atoms with Crippen LogP contribution < -0.4 is 0 Å². The van der Waals surface area contributed by atoms with Gasteiger partial charge in [-0.05, 0) is 44.4 Å². The van der Waals surface area contributed by atoms with Crippen molar-refractivity contribution in [2.24, 2.45) is 17.3 Å². The van der Waals surface area contributed by atoms with Crippen LogP contribution in [0.15, 0.2) is 11.6 Å². The molecule has 1 heterocycles. The summed E-state index contributed by atoms with van der Waals surface area (Å²) in [4.78, 5) is 0. The van der Waals surface area contributed by atoms with Gasteiger partial charge in [-0.15, -0.1) is 0 Å². The van der Waals surface area contributed by atoms with Crippen molar-refractivity contribution in [3.63, 3.8) is 0 Å². The molecule has 3 heteroatoms. The highest BCUT2D eigenvalue weighted by Crippen LogP contribution is 2.40. The Kier molecular flexibility index (Phi) is 4.09. The van der Waals surface area contributed by atoms with E-state index in [0.29, 0.717) is 12.5 Å². The van der Waals surface area contributed by atoms with Gasteiger partial charge in [0.15, 0.2) is 0 Å². The van der Waals surface area contributed by atoms with E-state index in [4.69, 9.17) is 4.74 Å². The Labute approximate surface area is 109 Å². The zero-order valence-corrected chi connectivity index (χ0v) is 11.4. The van der Waals surface area contributed by atoms with E-state index in [1.165, 1.54) is 5.57 Å². The van der Waals surface area contributed by atoms with Crippen LogP contribution >= 0.6 is 0 Å². The number of aliphatic hydroxyl groups excluding tert-OH is 1. The van der Waals surface area contributed by atoms with Crippen molar-refractivity contribution in [3.8, 4) is 6.07 Å². The minimum Gasteiger partial charge on any atom is -0.391 e. The fourth-order valence-corrected chi connectivity index (χ4v) is 3.49.